The Balaban J connectivity index is 2.35. The summed E-state index contributed by atoms with van der Waals surface area (Å²) in [5.41, 5.74) is 7.11. The van der Waals surface area contributed by atoms with Crippen LogP contribution in [0.1, 0.15) is 5.56 Å². The molecule has 0 aliphatic heterocycles. The molecule has 0 saturated heterocycles. The van der Waals surface area contributed by atoms with Crippen LogP contribution in [0.4, 0.5) is 5.69 Å². The summed E-state index contributed by atoms with van der Waals surface area (Å²) in [5.74, 6) is 0.895. The van der Waals surface area contributed by atoms with E-state index < -0.39 is 0 Å². The van der Waals surface area contributed by atoms with Gasteiger partial charge in [-0.05, 0) is 53.3 Å². The zero-order valence-corrected chi connectivity index (χ0v) is 11.2. The number of hydrogen-bond donors (Lipinski definition) is 2. The molecule has 0 amide bonds. The van der Waals surface area contributed by atoms with Crippen molar-refractivity contribution in [3.8, 4) is 11.6 Å². The van der Waals surface area contributed by atoms with Gasteiger partial charge in [-0.3, -0.25) is 4.79 Å². The lowest BCUT2D eigenvalue weighted by molar-refractivity contribution is 0.456. The lowest BCUT2D eigenvalue weighted by Crippen LogP contribution is -2.11. The van der Waals surface area contributed by atoms with Crippen molar-refractivity contribution in [3.63, 3.8) is 0 Å². The van der Waals surface area contributed by atoms with Gasteiger partial charge in [0, 0.05) is 5.69 Å². The van der Waals surface area contributed by atoms with Crippen LogP contribution in [0.15, 0.2) is 29.3 Å². The summed E-state index contributed by atoms with van der Waals surface area (Å²) in [5, 5.41) is 0. The van der Waals surface area contributed by atoms with Crippen LogP contribution in [0.25, 0.3) is 0 Å². The average molecular weight is 343 g/mol. The van der Waals surface area contributed by atoms with E-state index in [0.717, 1.165) is 5.56 Å². The van der Waals surface area contributed by atoms with E-state index in [4.69, 9.17) is 10.5 Å². The third-order valence-corrected chi connectivity index (χ3v) is 3.17. The van der Waals surface area contributed by atoms with Crippen LogP contribution < -0.4 is 16.0 Å². The van der Waals surface area contributed by atoms with Crippen molar-refractivity contribution in [1.82, 2.24) is 9.97 Å². The number of rotatable bonds is 2. The Morgan fingerprint density at radius 2 is 2.24 bits per heavy atom. The number of aromatic nitrogens is 2. The zero-order chi connectivity index (χ0) is 12.4. The van der Waals surface area contributed by atoms with Gasteiger partial charge in [-0.25, -0.2) is 4.98 Å². The highest BCUT2D eigenvalue weighted by Crippen LogP contribution is 2.24. The number of aromatic amines is 1. The molecule has 2 aromatic rings. The SMILES string of the molecule is Cc1cc(Oc2nc[nH]c(=O)c2I)ccc1N. The smallest absolute Gasteiger partial charge is 0.268 e. The molecule has 0 spiro atoms. The molecule has 0 fully saturated rings. The lowest BCUT2D eigenvalue weighted by Gasteiger charge is -2.07. The minimum absolute atomic E-state index is 0.220. The highest BCUT2D eigenvalue weighted by Gasteiger charge is 2.08. The fourth-order valence-corrected chi connectivity index (χ4v) is 1.67. The molecule has 5 nitrogen and oxygen atoms in total. The molecule has 0 radical (unpaired) electrons. The van der Waals surface area contributed by atoms with Gasteiger partial charge in [-0.15, -0.1) is 0 Å². The van der Waals surface area contributed by atoms with Gasteiger partial charge < -0.3 is 15.5 Å². The number of nitrogens with one attached hydrogen (secondary N) is 1. The standard InChI is InChI=1S/C11H10IN3O2/c1-6-4-7(2-3-8(6)13)17-11-9(12)10(16)14-5-15-11/h2-5H,13H2,1H3,(H,14,15,16). The first kappa shape index (κ1) is 11.9. The fourth-order valence-electron chi connectivity index (χ4n) is 1.26. The second-order valence-corrected chi connectivity index (χ2v) is 4.55. The van der Waals surface area contributed by atoms with Crippen molar-refractivity contribution in [2.24, 2.45) is 0 Å². The van der Waals surface area contributed by atoms with Crippen molar-refractivity contribution in [2.45, 2.75) is 6.92 Å². The van der Waals surface area contributed by atoms with Crippen molar-refractivity contribution in [1.29, 1.82) is 0 Å². The number of nitrogens with zero attached hydrogens (tertiary/aromatic N) is 1. The van der Waals surface area contributed by atoms with Gasteiger partial charge in [0.2, 0.25) is 5.88 Å². The number of halogens is 1. The van der Waals surface area contributed by atoms with Gasteiger partial charge in [0.25, 0.3) is 5.56 Å². The third-order valence-electron chi connectivity index (χ3n) is 2.22. The Morgan fingerprint density at radius 1 is 1.47 bits per heavy atom. The molecule has 88 valence electrons. The molecular weight excluding hydrogens is 333 g/mol. The first-order valence-electron chi connectivity index (χ1n) is 4.85. The molecule has 0 saturated carbocycles. The second-order valence-electron chi connectivity index (χ2n) is 3.47. The Labute approximate surface area is 111 Å². The number of ether oxygens (including phenoxy) is 1. The normalized spacial score (nSPS) is 10.2. The van der Waals surface area contributed by atoms with E-state index in [1.807, 2.05) is 29.5 Å². The van der Waals surface area contributed by atoms with E-state index in [-0.39, 0.29) is 5.56 Å². The van der Waals surface area contributed by atoms with Crippen molar-refractivity contribution < 1.29 is 4.74 Å². The molecule has 1 heterocycles. The minimum Gasteiger partial charge on any atom is -0.438 e. The topological polar surface area (TPSA) is 81.0 Å². The first-order valence-corrected chi connectivity index (χ1v) is 5.93. The van der Waals surface area contributed by atoms with Gasteiger partial charge in [0.05, 0.1) is 6.33 Å². The Bertz CT molecular complexity index is 610. The average Bonchev–Trinajstić information content (AvgIpc) is 2.30. The van der Waals surface area contributed by atoms with E-state index in [9.17, 15) is 4.79 Å². The maximum absolute atomic E-state index is 11.3. The van der Waals surface area contributed by atoms with Gasteiger partial charge in [-0.2, -0.15) is 0 Å². The predicted molar refractivity (Wildman–Crippen MR) is 73.2 cm³/mol. The highest BCUT2D eigenvalue weighted by atomic mass is 127. The molecule has 0 aliphatic rings. The second kappa shape index (κ2) is 4.74. The Kier molecular flexibility index (Phi) is 3.32. The number of nitrogen functional groups attached to an aromatic ring is 1. The molecular formula is C11H10IN3O2. The van der Waals surface area contributed by atoms with Gasteiger partial charge in [0.15, 0.2) is 0 Å². The van der Waals surface area contributed by atoms with Crippen LogP contribution in [-0.2, 0) is 0 Å². The third kappa shape index (κ3) is 2.57. The number of hydrogen-bond acceptors (Lipinski definition) is 4. The molecule has 0 aliphatic carbocycles. The van der Waals surface area contributed by atoms with Crippen molar-refractivity contribution in [2.75, 3.05) is 5.73 Å². The highest BCUT2D eigenvalue weighted by molar-refractivity contribution is 14.1. The molecule has 0 unspecified atom stereocenters. The van der Waals surface area contributed by atoms with Crippen LogP contribution in [0, 0.1) is 10.5 Å². The van der Waals surface area contributed by atoms with E-state index in [1.165, 1.54) is 6.33 Å². The van der Waals surface area contributed by atoms with Crippen LogP contribution in [0.3, 0.4) is 0 Å². The van der Waals surface area contributed by atoms with E-state index in [2.05, 4.69) is 9.97 Å². The first-order chi connectivity index (χ1) is 8.08. The summed E-state index contributed by atoms with van der Waals surface area (Å²) in [4.78, 5) is 17.8. The van der Waals surface area contributed by atoms with Crippen LogP contribution in [-0.4, -0.2) is 9.97 Å². The number of nitrogens with two attached hydrogens (primary N) is 1. The molecule has 3 N–H and O–H groups in total. The van der Waals surface area contributed by atoms with Crippen LogP contribution in [0.5, 0.6) is 11.6 Å². The number of aryl methyl sites for hydroxylation is 1. The Hall–Kier alpha value is -1.57. The summed E-state index contributed by atoms with van der Waals surface area (Å²) in [6.07, 6.45) is 1.31. The number of anilines is 1. The van der Waals surface area contributed by atoms with Gasteiger partial charge in [-0.1, -0.05) is 0 Å². The van der Waals surface area contributed by atoms with Crippen molar-refractivity contribution >= 4 is 28.3 Å². The van der Waals surface area contributed by atoms with Gasteiger partial charge in [0.1, 0.15) is 9.32 Å². The van der Waals surface area contributed by atoms with Gasteiger partial charge >= 0.3 is 0 Å². The maximum atomic E-state index is 11.3. The molecule has 1 aromatic carbocycles. The summed E-state index contributed by atoms with van der Waals surface area (Å²) in [7, 11) is 0. The number of H-pyrrole nitrogens is 1. The predicted octanol–water partition coefficient (Wildman–Crippen LogP) is 2.06. The summed E-state index contributed by atoms with van der Waals surface area (Å²) in [6, 6.07) is 5.29. The zero-order valence-electron chi connectivity index (χ0n) is 9.03. The van der Waals surface area contributed by atoms with E-state index >= 15 is 0 Å². The van der Waals surface area contributed by atoms with Crippen molar-refractivity contribution in [3.05, 3.63) is 44.0 Å². The monoisotopic (exact) mass is 343 g/mol. The summed E-state index contributed by atoms with van der Waals surface area (Å²) < 4.78 is 5.95. The molecule has 0 bridgehead atoms. The molecule has 6 heteroatoms. The van der Waals surface area contributed by atoms with E-state index in [0.29, 0.717) is 20.9 Å². The minimum atomic E-state index is -0.220. The Morgan fingerprint density at radius 3 is 2.94 bits per heavy atom. The number of benzene rings is 1. The largest absolute Gasteiger partial charge is 0.438 e. The van der Waals surface area contributed by atoms with E-state index in [1.54, 1.807) is 18.2 Å². The lowest BCUT2D eigenvalue weighted by atomic mass is 10.2. The molecule has 0 atom stereocenters. The summed E-state index contributed by atoms with van der Waals surface area (Å²) >= 11 is 1.89. The molecule has 1 aromatic heterocycles. The maximum Gasteiger partial charge on any atom is 0.268 e. The fraction of sp³-hybridized carbons (Fsp3) is 0.0909. The quantitative estimate of drug-likeness (QED) is 0.646. The van der Waals surface area contributed by atoms with Crippen LogP contribution >= 0.6 is 22.6 Å². The van der Waals surface area contributed by atoms with Crippen LogP contribution in [0.2, 0.25) is 0 Å². The molecule has 17 heavy (non-hydrogen) atoms. The summed E-state index contributed by atoms with van der Waals surface area (Å²) in [6.45, 7) is 1.89. The molecule has 2 rings (SSSR count).